The van der Waals surface area contributed by atoms with E-state index in [9.17, 15) is 8.78 Å². The molecule has 11 heavy (non-hydrogen) atoms. The summed E-state index contributed by atoms with van der Waals surface area (Å²) in [6.45, 7) is 0. The van der Waals surface area contributed by atoms with Crippen molar-refractivity contribution in [3.63, 3.8) is 0 Å². The van der Waals surface area contributed by atoms with Crippen LogP contribution in [-0.2, 0) is 0 Å². The van der Waals surface area contributed by atoms with Crippen LogP contribution in [0.15, 0.2) is 24.1 Å². The maximum Gasteiger partial charge on any atom is 0.253 e. The van der Waals surface area contributed by atoms with Gasteiger partial charge in [0, 0.05) is 0 Å². The predicted octanol–water partition coefficient (Wildman–Crippen LogP) is 2.45. The van der Waals surface area contributed by atoms with Crippen LogP contribution in [-0.4, -0.2) is 5.13 Å². The van der Waals surface area contributed by atoms with E-state index >= 15 is 0 Å². The second-order valence-corrected chi connectivity index (χ2v) is 2.68. The minimum absolute atomic E-state index is 0.904. The smallest absolute Gasteiger partial charge is 0.216 e. The lowest BCUT2D eigenvalue weighted by atomic mass is 9.99. The molecule has 1 aliphatic rings. The van der Waals surface area contributed by atoms with E-state index < -0.39 is 16.9 Å². The van der Waals surface area contributed by atoms with Crippen LogP contribution in [0.2, 0.25) is 0 Å². The molecule has 2 unspecified atom stereocenters. The monoisotopic (exact) mass is 175 g/mol. The number of rotatable bonds is 0. The number of nitriles is 1. The van der Waals surface area contributed by atoms with Gasteiger partial charge in [0.15, 0.2) is 5.83 Å². The van der Waals surface area contributed by atoms with Gasteiger partial charge < -0.3 is 0 Å². The summed E-state index contributed by atoms with van der Waals surface area (Å²) in [5.74, 6) is -2.36. The van der Waals surface area contributed by atoms with E-state index in [4.69, 9.17) is 16.9 Å². The molecule has 0 heterocycles. The molecule has 2 atom stereocenters. The lowest BCUT2D eigenvalue weighted by Gasteiger charge is -2.20. The summed E-state index contributed by atoms with van der Waals surface area (Å²) in [6.07, 6.45) is 3.39. The van der Waals surface area contributed by atoms with E-state index in [1.54, 1.807) is 6.07 Å². The summed E-state index contributed by atoms with van der Waals surface area (Å²) < 4.78 is 25.5. The SMILES string of the molecule is N#CC1C=CC=C(F)C1(F)Cl. The molecule has 0 aromatic rings. The van der Waals surface area contributed by atoms with E-state index in [0.717, 1.165) is 6.08 Å². The van der Waals surface area contributed by atoms with Crippen LogP contribution in [0.5, 0.6) is 0 Å². The Kier molecular flexibility index (Phi) is 1.97. The van der Waals surface area contributed by atoms with Crippen LogP contribution in [0.4, 0.5) is 8.78 Å². The first-order valence-electron chi connectivity index (χ1n) is 2.91. The number of halogens is 3. The van der Waals surface area contributed by atoms with Crippen molar-refractivity contribution >= 4 is 11.6 Å². The molecule has 0 N–H and O–H groups in total. The summed E-state index contributed by atoms with van der Waals surface area (Å²) in [6, 6.07) is 1.55. The van der Waals surface area contributed by atoms with E-state index in [0.29, 0.717) is 0 Å². The van der Waals surface area contributed by atoms with Gasteiger partial charge in [-0.05, 0) is 6.08 Å². The molecular weight excluding hydrogens is 172 g/mol. The lowest BCUT2D eigenvalue weighted by molar-refractivity contribution is 0.242. The number of allylic oxidation sites excluding steroid dienone is 4. The molecule has 0 aromatic heterocycles. The third kappa shape index (κ3) is 1.26. The van der Waals surface area contributed by atoms with Crippen molar-refractivity contribution in [2.45, 2.75) is 5.13 Å². The van der Waals surface area contributed by atoms with Gasteiger partial charge in [-0.2, -0.15) is 5.26 Å². The van der Waals surface area contributed by atoms with Gasteiger partial charge >= 0.3 is 0 Å². The molecule has 0 aromatic carbocycles. The Balaban J connectivity index is 3.01. The van der Waals surface area contributed by atoms with E-state index in [1.807, 2.05) is 0 Å². The number of alkyl halides is 2. The Bertz CT molecular complexity index is 262. The zero-order valence-electron chi connectivity index (χ0n) is 5.39. The molecule has 0 bridgehead atoms. The van der Waals surface area contributed by atoms with Crippen LogP contribution >= 0.6 is 11.6 Å². The van der Waals surface area contributed by atoms with E-state index in [-0.39, 0.29) is 0 Å². The van der Waals surface area contributed by atoms with Gasteiger partial charge in [0.25, 0.3) is 5.13 Å². The van der Waals surface area contributed by atoms with Crippen molar-refractivity contribution < 1.29 is 8.78 Å². The third-order valence-electron chi connectivity index (χ3n) is 1.39. The van der Waals surface area contributed by atoms with Crippen molar-refractivity contribution in [2.75, 3.05) is 0 Å². The molecule has 0 spiro atoms. The molecular formula is C7H4ClF2N. The fraction of sp³-hybridized carbons (Fsp3) is 0.286. The highest BCUT2D eigenvalue weighted by molar-refractivity contribution is 6.25. The van der Waals surface area contributed by atoms with Gasteiger partial charge in [-0.15, -0.1) is 0 Å². The van der Waals surface area contributed by atoms with Crippen molar-refractivity contribution in [1.82, 2.24) is 0 Å². The average Bonchev–Trinajstić information content (AvgIpc) is 1.95. The first kappa shape index (κ1) is 8.22. The summed E-state index contributed by atoms with van der Waals surface area (Å²) in [4.78, 5) is 0. The van der Waals surface area contributed by atoms with Gasteiger partial charge in [0.05, 0.1) is 6.07 Å². The number of hydrogen-bond acceptors (Lipinski definition) is 1. The van der Waals surface area contributed by atoms with Crippen LogP contribution in [0.1, 0.15) is 0 Å². The highest BCUT2D eigenvalue weighted by atomic mass is 35.5. The highest BCUT2D eigenvalue weighted by Gasteiger charge is 2.42. The Morgan fingerprint density at radius 1 is 1.73 bits per heavy atom. The Morgan fingerprint density at radius 2 is 2.36 bits per heavy atom. The molecule has 0 aliphatic heterocycles. The first-order valence-corrected chi connectivity index (χ1v) is 3.28. The summed E-state index contributed by atoms with van der Waals surface area (Å²) >= 11 is 5.10. The molecule has 0 saturated heterocycles. The van der Waals surface area contributed by atoms with E-state index in [1.165, 1.54) is 12.2 Å². The molecule has 1 nitrogen and oxygen atoms in total. The zero-order valence-corrected chi connectivity index (χ0v) is 6.15. The number of hydrogen-bond donors (Lipinski definition) is 0. The Hall–Kier alpha value is -0.880. The third-order valence-corrected chi connectivity index (χ3v) is 1.81. The van der Waals surface area contributed by atoms with Gasteiger partial charge in [-0.25, -0.2) is 8.78 Å². The van der Waals surface area contributed by atoms with Gasteiger partial charge in [-0.3, -0.25) is 0 Å². The first-order chi connectivity index (χ1) is 5.09. The van der Waals surface area contributed by atoms with Crippen molar-refractivity contribution in [3.05, 3.63) is 24.1 Å². The Morgan fingerprint density at radius 3 is 2.82 bits per heavy atom. The van der Waals surface area contributed by atoms with Gasteiger partial charge in [-0.1, -0.05) is 23.8 Å². The molecule has 1 aliphatic carbocycles. The molecule has 0 saturated carbocycles. The van der Waals surface area contributed by atoms with Crippen LogP contribution < -0.4 is 0 Å². The van der Waals surface area contributed by atoms with Crippen molar-refractivity contribution in [3.8, 4) is 6.07 Å². The minimum Gasteiger partial charge on any atom is -0.216 e. The highest BCUT2D eigenvalue weighted by Crippen LogP contribution is 2.38. The summed E-state index contributed by atoms with van der Waals surface area (Å²) in [5, 5.41) is 5.65. The fourth-order valence-electron chi connectivity index (χ4n) is 0.756. The predicted molar refractivity (Wildman–Crippen MR) is 37.1 cm³/mol. The molecule has 1 rings (SSSR count). The van der Waals surface area contributed by atoms with Crippen molar-refractivity contribution in [2.24, 2.45) is 5.92 Å². The van der Waals surface area contributed by atoms with Crippen LogP contribution in [0, 0.1) is 17.2 Å². The van der Waals surface area contributed by atoms with Gasteiger partial charge in [0.2, 0.25) is 0 Å². The van der Waals surface area contributed by atoms with Crippen LogP contribution in [0.3, 0.4) is 0 Å². The summed E-state index contributed by atoms with van der Waals surface area (Å²) in [5.41, 5.74) is 0. The molecule has 0 radical (unpaired) electrons. The number of nitrogens with zero attached hydrogens (tertiary/aromatic N) is 1. The normalized spacial score (nSPS) is 36.2. The lowest BCUT2D eigenvalue weighted by Crippen LogP contribution is -2.26. The maximum atomic E-state index is 13.0. The quantitative estimate of drug-likeness (QED) is 0.519. The molecule has 0 amide bonds. The summed E-state index contributed by atoms with van der Waals surface area (Å²) in [7, 11) is 0. The average molecular weight is 176 g/mol. The largest absolute Gasteiger partial charge is 0.253 e. The topological polar surface area (TPSA) is 23.8 Å². The van der Waals surface area contributed by atoms with E-state index in [2.05, 4.69) is 0 Å². The standard InChI is InChI=1S/C7H4ClF2N/c8-7(10)5(4-11)2-1-3-6(7)9/h1-3,5H. The molecule has 58 valence electrons. The minimum atomic E-state index is -2.68. The van der Waals surface area contributed by atoms with Crippen LogP contribution in [0.25, 0.3) is 0 Å². The molecule has 0 fully saturated rings. The second-order valence-electron chi connectivity index (χ2n) is 2.13. The second kappa shape index (κ2) is 2.63. The maximum absolute atomic E-state index is 13.0. The zero-order chi connectivity index (χ0) is 8.48. The van der Waals surface area contributed by atoms with Crippen molar-refractivity contribution in [1.29, 1.82) is 5.26 Å². The fourth-order valence-corrected chi connectivity index (χ4v) is 0.940. The Labute approximate surface area is 67.6 Å². The molecule has 4 heteroatoms. The van der Waals surface area contributed by atoms with Gasteiger partial charge in [0.1, 0.15) is 5.92 Å².